The molecule has 2 aliphatic rings. The third-order valence-corrected chi connectivity index (χ3v) is 4.76. The third kappa shape index (κ3) is 3.39. The zero-order valence-electron chi connectivity index (χ0n) is 12.6. The van der Waals surface area contributed by atoms with Gasteiger partial charge in [0.1, 0.15) is 6.29 Å². The van der Waals surface area contributed by atoms with Crippen LogP contribution >= 0.6 is 0 Å². The van der Waals surface area contributed by atoms with Crippen molar-refractivity contribution in [3.8, 4) is 0 Å². The van der Waals surface area contributed by atoms with Gasteiger partial charge in [-0.15, -0.1) is 0 Å². The van der Waals surface area contributed by atoms with Gasteiger partial charge in [0.2, 0.25) is 0 Å². The monoisotopic (exact) mass is 278 g/mol. The molecule has 1 aliphatic heterocycles. The molecule has 1 aliphatic carbocycles. The van der Waals surface area contributed by atoms with Crippen molar-refractivity contribution in [3.63, 3.8) is 0 Å². The Labute approximate surface area is 122 Å². The number of rotatable bonds is 5. The van der Waals surface area contributed by atoms with Gasteiger partial charge in [0.25, 0.3) is 0 Å². The summed E-state index contributed by atoms with van der Waals surface area (Å²) >= 11 is 0. The molecule has 0 radical (unpaired) electrons. The molecule has 1 heterocycles. The van der Waals surface area contributed by atoms with Crippen LogP contribution in [-0.4, -0.2) is 25.3 Å². The highest BCUT2D eigenvalue weighted by Gasteiger charge is 2.48. The van der Waals surface area contributed by atoms with Crippen molar-refractivity contribution in [1.82, 2.24) is 0 Å². The molecule has 112 valence electrons. The minimum absolute atomic E-state index is 0.128. The quantitative estimate of drug-likeness (QED) is 0.569. The number of hydrogen-bond acceptors (Lipinski definition) is 3. The molecular formula is C17H26O3. The molecular weight excluding hydrogens is 252 g/mol. The van der Waals surface area contributed by atoms with E-state index in [0.29, 0.717) is 25.6 Å². The standard InChI is InChI=1S/C17H26O3/c1-3-4-5-8-16(2)9-10-17(19-12-13-20-17)14-15(16)7-6-11-18/h3-5,8,11,15H,6-7,9-10,12-14H2,1-2H3/b4-3+,8-5+/t15-,16+/m1/s1. The predicted octanol–water partition coefficient (Wildman–Crippen LogP) is 3.65. The number of carbonyl (C=O) groups excluding carboxylic acids is 1. The lowest BCUT2D eigenvalue weighted by Gasteiger charge is -2.46. The fourth-order valence-corrected chi connectivity index (χ4v) is 3.44. The Morgan fingerprint density at radius 1 is 1.20 bits per heavy atom. The lowest BCUT2D eigenvalue weighted by atomic mass is 9.64. The van der Waals surface area contributed by atoms with Crippen molar-refractivity contribution >= 4 is 6.29 Å². The number of allylic oxidation sites excluding steroid dienone is 4. The fourth-order valence-electron chi connectivity index (χ4n) is 3.44. The summed E-state index contributed by atoms with van der Waals surface area (Å²) in [4.78, 5) is 10.7. The summed E-state index contributed by atoms with van der Waals surface area (Å²) in [6.07, 6.45) is 14.0. The van der Waals surface area contributed by atoms with Crippen LogP contribution in [0.1, 0.15) is 46.0 Å². The van der Waals surface area contributed by atoms with Gasteiger partial charge in [0, 0.05) is 19.3 Å². The second-order valence-electron chi connectivity index (χ2n) is 6.14. The zero-order valence-corrected chi connectivity index (χ0v) is 12.6. The van der Waals surface area contributed by atoms with E-state index in [4.69, 9.17) is 9.47 Å². The second-order valence-corrected chi connectivity index (χ2v) is 6.14. The SMILES string of the molecule is C/C=C/C=C/[C@@]1(C)CCC2(C[C@H]1CCC=O)OCCO2. The summed E-state index contributed by atoms with van der Waals surface area (Å²) in [5.41, 5.74) is 0.128. The van der Waals surface area contributed by atoms with Crippen LogP contribution < -0.4 is 0 Å². The first-order valence-electron chi connectivity index (χ1n) is 7.66. The molecule has 0 N–H and O–H groups in total. The molecule has 2 rings (SSSR count). The number of hydrogen-bond donors (Lipinski definition) is 0. The van der Waals surface area contributed by atoms with Crippen molar-refractivity contribution in [3.05, 3.63) is 24.3 Å². The van der Waals surface area contributed by atoms with E-state index in [1.165, 1.54) is 0 Å². The third-order valence-electron chi connectivity index (χ3n) is 4.76. The van der Waals surface area contributed by atoms with Crippen LogP contribution in [0, 0.1) is 11.3 Å². The lowest BCUT2D eigenvalue weighted by Crippen LogP contribution is -2.44. The smallest absolute Gasteiger partial charge is 0.168 e. The summed E-state index contributed by atoms with van der Waals surface area (Å²) in [6, 6.07) is 0. The van der Waals surface area contributed by atoms with Crippen LogP contribution in [0.2, 0.25) is 0 Å². The zero-order chi connectivity index (χ0) is 14.5. The van der Waals surface area contributed by atoms with Crippen LogP contribution in [0.4, 0.5) is 0 Å². The van der Waals surface area contributed by atoms with Gasteiger partial charge in [-0.25, -0.2) is 0 Å². The maximum atomic E-state index is 10.7. The van der Waals surface area contributed by atoms with Crippen LogP contribution in [0.25, 0.3) is 0 Å². The van der Waals surface area contributed by atoms with E-state index in [2.05, 4.69) is 25.2 Å². The maximum Gasteiger partial charge on any atom is 0.168 e. The van der Waals surface area contributed by atoms with Crippen molar-refractivity contribution in [2.24, 2.45) is 11.3 Å². The molecule has 2 fully saturated rings. The maximum absolute atomic E-state index is 10.7. The topological polar surface area (TPSA) is 35.5 Å². The van der Waals surface area contributed by atoms with Crippen molar-refractivity contribution < 1.29 is 14.3 Å². The Balaban J connectivity index is 2.12. The van der Waals surface area contributed by atoms with Gasteiger partial charge in [0.05, 0.1) is 13.2 Å². The Morgan fingerprint density at radius 3 is 2.60 bits per heavy atom. The van der Waals surface area contributed by atoms with Gasteiger partial charge in [-0.05, 0) is 31.1 Å². The van der Waals surface area contributed by atoms with Gasteiger partial charge in [0.15, 0.2) is 5.79 Å². The molecule has 0 amide bonds. The van der Waals surface area contributed by atoms with Crippen LogP contribution in [-0.2, 0) is 14.3 Å². The van der Waals surface area contributed by atoms with Crippen LogP contribution in [0.15, 0.2) is 24.3 Å². The highest BCUT2D eigenvalue weighted by molar-refractivity contribution is 5.49. The molecule has 20 heavy (non-hydrogen) atoms. The van der Waals surface area contributed by atoms with Crippen molar-refractivity contribution in [2.45, 2.75) is 51.7 Å². The second kappa shape index (κ2) is 6.68. The molecule has 3 nitrogen and oxygen atoms in total. The van der Waals surface area contributed by atoms with E-state index < -0.39 is 0 Å². The average Bonchev–Trinajstić information content (AvgIpc) is 2.89. The summed E-state index contributed by atoms with van der Waals surface area (Å²) in [5, 5.41) is 0. The first kappa shape index (κ1) is 15.5. The van der Waals surface area contributed by atoms with Gasteiger partial charge < -0.3 is 14.3 Å². The normalized spacial score (nSPS) is 33.4. The van der Waals surface area contributed by atoms with Gasteiger partial charge in [-0.2, -0.15) is 0 Å². The van der Waals surface area contributed by atoms with Crippen LogP contribution in [0.5, 0.6) is 0 Å². The largest absolute Gasteiger partial charge is 0.348 e. The highest BCUT2D eigenvalue weighted by Crippen LogP contribution is 2.50. The van der Waals surface area contributed by atoms with Gasteiger partial charge >= 0.3 is 0 Å². The summed E-state index contributed by atoms with van der Waals surface area (Å²) in [5.74, 6) is 0.0580. The summed E-state index contributed by atoms with van der Waals surface area (Å²) in [7, 11) is 0. The van der Waals surface area contributed by atoms with Gasteiger partial charge in [-0.1, -0.05) is 31.2 Å². The molecule has 1 saturated heterocycles. The minimum Gasteiger partial charge on any atom is -0.348 e. The Kier molecular flexibility index (Phi) is 5.17. The predicted molar refractivity (Wildman–Crippen MR) is 79.3 cm³/mol. The van der Waals surface area contributed by atoms with E-state index >= 15 is 0 Å². The molecule has 1 saturated carbocycles. The number of carbonyl (C=O) groups is 1. The molecule has 0 unspecified atom stereocenters. The Hall–Kier alpha value is -0.930. The average molecular weight is 278 g/mol. The summed E-state index contributed by atoms with van der Waals surface area (Å²) in [6.45, 7) is 5.72. The van der Waals surface area contributed by atoms with Crippen molar-refractivity contribution in [2.75, 3.05) is 13.2 Å². The number of aldehydes is 1. The van der Waals surface area contributed by atoms with Crippen molar-refractivity contribution in [1.29, 1.82) is 0 Å². The first-order chi connectivity index (χ1) is 9.64. The Morgan fingerprint density at radius 2 is 1.95 bits per heavy atom. The minimum atomic E-state index is -0.374. The molecule has 3 heteroatoms. The molecule has 0 aromatic heterocycles. The number of ether oxygens (including phenoxy) is 2. The fraction of sp³-hybridized carbons (Fsp3) is 0.706. The highest BCUT2D eigenvalue weighted by atomic mass is 16.7. The lowest BCUT2D eigenvalue weighted by molar-refractivity contribution is -0.201. The first-order valence-corrected chi connectivity index (χ1v) is 7.66. The molecule has 0 aromatic rings. The van der Waals surface area contributed by atoms with E-state index in [-0.39, 0.29) is 11.2 Å². The molecule has 0 bridgehead atoms. The molecule has 1 spiro atoms. The van der Waals surface area contributed by atoms with E-state index in [1.807, 2.05) is 13.0 Å². The van der Waals surface area contributed by atoms with Crippen LogP contribution in [0.3, 0.4) is 0 Å². The molecule has 2 atom stereocenters. The van der Waals surface area contributed by atoms with E-state index in [1.54, 1.807) is 0 Å². The molecule has 0 aromatic carbocycles. The van der Waals surface area contributed by atoms with E-state index in [0.717, 1.165) is 32.0 Å². The Bertz CT molecular complexity index is 380. The summed E-state index contributed by atoms with van der Waals surface area (Å²) < 4.78 is 11.7. The van der Waals surface area contributed by atoms with E-state index in [9.17, 15) is 4.79 Å². The van der Waals surface area contributed by atoms with Gasteiger partial charge in [-0.3, -0.25) is 0 Å².